The van der Waals surface area contributed by atoms with Crippen molar-refractivity contribution in [1.82, 2.24) is 4.90 Å². The second-order valence-electron chi connectivity index (χ2n) is 6.05. The van der Waals surface area contributed by atoms with Gasteiger partial charge in [-0.25, -0.2) is 0 Å². The van der Waals surface area contributed by atoms with Crippen LogP contribution < -0.4 is 5.32 Å². The monoisotopic (exact) mass is 284 g/mol. The van der Waals surface area contributed by atoms with Crippen LogP contribution in [-0.4, -0.2) is 29.9 Å². The predicted octanol–water partition coefficient (Wildman–Crippen LogP) is 3.62. The molecule has 0 atom stereocenters. The Bertz CT molecular complexity index is 532. The van der Waals surface area contributed by atoms with Gasteiger partial charge < -0.3 is 10.2 Å². The van der Waals surface area contributed by atoms with E-state index in [9.17, 15) is 4.79 Å². The summed E-state index contributed by atoms with van der Waals surface area (Å²) in [6.07, 6.45) is 8.68. The van der Waals surface area contributed by atoms with E-state index in [-0.39, 0.29) is 5.91 Å². The first kappa shape index (κ1) is 14.2. The maximum Gasteiger partial charge on any atom is 0.254 e. The van der Waals surface area contributed by atoms with Crippen LogP contribution in [0, 0.1) is 0 Å². The van der Waals surface area contributed by atoms with Crippen LogP contribution in [0.1, 0.15) is 48.0 Å². The predicted molar refractivity (Wildman–Crippen MR) is 86.7 cm³/mol. The Labute approximate surface area is 127 Å². The van der Waals surface area contributed by atoms with Crippen LogP contribution in [-0.2, 0) is 6.42 Å². The molecule has 1 amide bonds. The molecule has 1 aromatic rings. The first-order valence-electron chi connectivity index (χ1n) is 8.09. The number of carbonyl (C=O) groups is 1. The zero-order valence-corrected chi connectivity index (χ0v) is 12.6. The summed E-state index contributed by atoms with van der Waals surface area (Å²) in [6, 6.07) is 6.45. The molecule has 21 heavy (non-hydrogen) atoms. The molecule has 1 aromatic carbocycles. The fraction of sp³-hybridized carbons (Fsp3) is 0.500. The molecule has 0 unspecified atom stereocenters. The average Bonchev–Trinajstić information content (AvgIpc) is 3.05. The molecule has 3 nitrogen and oxygen atoms in total. The van der Waals surface area contributed by atoms with Gasteiger partial charge in [0, 0.05) is 30.4 Å². The largest absolute Gasteiger partial charge is 0.385 e. The first-order chi connectivity index (χ1) is 10.3. The first-order valence-corrected chi connectivity index (χ1v) is 8.09. The summed E-state index contributed by atoms with van der Waals surface area (Å²) >= 11 is 0. The van der Waals surface area contributed by atoms with Crippen molar-refractivity contribution in [3.05, 3.63) is 42.0 Å². The molecule has 1 saturated carbocycles. The Balaban J connectivity index is 1.90. The van der Waals surface area contributed by atoms with Crippen molar-refractivity contribution in [2.24, 2.45) is 0 Å². The fourth-order valence-electron chi connectivity index (χ4n) is 3.62. The lowest BCUT2D eigenvalue weighted by Gasteiger charge is -2.30. The number of amides is 1. The molecule has 3 rings (SSSR count). The van der Waals surface area contributed by atoms with E-state index in [1.165, 1.54) is 18.4 Å². The quantitative estimate of drug-likeness (QED) is 0.857. The summed E-state index contributed by atoms with van der Waals surface area (Å²) in [5.41, 5.74) is 3.21. The third kappa shape index (κ3) is 2.82. The van der Waals surface area contributed by atoms with Crippen molar-refractivity contribution in [2.45, 2.75) is 44.6 Å². The van der Waals surface area contributed by atoms with Gasteiger partial charge in [0.15, 0.2) is 0 Å². The Morgan fingerprint density at radius 3 is 2.90 bits per heavy atom. The van der Waals surface area contributed by atoms with E-state index in [4.69, 9.17) is 0 Å². The minimum Gasteiger partial charge on any atom is -0.385 e. The third-order valence-electron chi connectivity index (χ3n) is 4.68. The van der Waals surface area contributed by atoms with E-state index in [2.05, 4.69) is 18.0 Å². The van der Waals surface area contributed by atoms with Gasteiger partial charge in [0.05, 0.1) is 0 Å². The summed E-state index contributed by atoms with van der Waals surface area (Å²) in [7, 11) is 0. The molecular formula is C18H24N2O. The van der Waals surface area contributed by atoms with E-state index in [0.29, 0.717) is 12.6 Å². The van der Waals surface area contributed by atoms with Crippen LogP contribution in [0.4, 0.5) is 5.69 Å². The number of nitrogens with zero attached hydrogens (tertiary/aromatic N) is 1. The summed E-state index contributed by atoms with van der Waals surface area (Å²) in [6.45, 7) is 5.49. The van der Waals surface area contributed by atoms with Crippen molar-refractivity contribution in [3.8, 4) is 0 Å². The van der Waals surface area contributed by atoms with Gasteiger partial charge in [-0.15, -0.1) is 6.58 Å². The van der Waals surface area contributed by atoms with Gasteiger partial charge >= 0.3 is 0 Å². The summed E-state index contributed by atoms with van der Waals surface area (Å²) in [5.74, 6) is 0.183. The number of rotatable bonds is 4. The molecule has 0 saturated heterocycles. The molecule has 1 heterocycles. The summed E-state index contributed by atoms with van der Waals surface area (Å²) in [4.78, 5) is 15.1. The van der Waals surface area contributed by atoms with Crippen LogP contribution in [0.5, 0.6) is 0 Å². The topological polar surface area (TPSA) is 32.3 Å². The van der Waals surface area contributed by atoms with Crippen LogP contribution in [0.25, 0.3) is 0 Å². The van der Waals surface area contributed by atoms with Crippen molar-refractivity contribution in [2.75, 3.05) is 18.4 Å². The number of fused-ring (bicyclic) bond motifs is 1. The van der Waals surface area contributed by atoms with Gasteiger partial charge in [0.2, 0.25) is 0 Å². The highest BCUT2D eigenvalue weighted by molar-refractivity contribution is 5.97. The lowest BCUT2D eigenvalue weighted by atomic mass is 9.96. The van der Waals surface area contributed by atoms with Gasteiger partial charge in [-0.1, -0.05) is 25.0 Å². The number of anilines is 1. The molecule has 1 aliphatic carbocycles. The molecule has 1 N–H and O–H groups in total. The molecule has 1 aliphatic heterocycles. The SMILES string of the molecule is C=CCN(C(=O)c1cccc2c1CCCN2)C1CCCC1. The summed E-state index contributed by atoms with van der Waals surface area (Å²) < 4.78 is 0. The molecule has 112 valence electrons. The minimum atomic E-state index is 0.183. The molecule has 0 radical (unpaired) electrons. The number of carbonyl (C=O) groups excluding carboxylic acids is 1. The molecule has 2 aliphatic rings. The van der Waals surface area contributed by atoms with E-state index in [1.54, 1.807) is 0 Å². The number of benzene rings is 1. The van der Waals surface area contributed by atoms with Gasteiger partial charge in [-0.3, -0.25) is 4.79 Å². The Kier molecular flexibility index (Phi) is 4.28. The lowest BCUT2D eigenvalue weighted by molar-refractivity contribution is 0.0705. The van der Waals surface area contributed by atoms with Gasteiger partial charge in [-0.2, -0.15) is 0 Å². The number of hydrogen-bond donors (Lipinski definition) is 1. The highest BCUT2D eigenvalue weighted by Crippen LogP contribution is 2.29. The molecule has 0 spiro atoms. The maximum atomic E-state index is 13.0. The number of hydrogen-bond acceptors (Lipinski definition) is 2. The minimum absolute atomic E-state index is 0.183. The Hall–Kier alpha value is -1.77. The second-order valence-corrected chi connectivity index (χ2v) is 6.05. The molecule has 0 bridgehead atoms. The van der Waals surface area contributed by atoms with Crippen molar-refractivity contribution >= 4 is 11.6 Å². The average molecular weight is 284 g/mol. The van der Waals surface area contributed by atoms with Crippen molar-refractivity contribution < 1.29 is 4.79 Å². The van der Waals surface area contributed by atoms with E-state index in [0.717, 1.165) is 43.5 Å². The smallest absolute Gasteiger partial charge is 0.254 e. The van der Waals surface area contributed by atoms with Crippen LogP contribution in [0.3, 0.4) is 0 Å². The van der Waals surface area contributed by atoms with Gasteiger partial charge in [0.25, 0.3) is 5.91 Å². The molecular weight excluding hydrogens is 260 g/mol. The number of nitrogens with one attached hydrogen (secondary N) is 1. The third-order valence-corrected chi connectivity index (χ3v) is 4.68. The zero-order chi connectivity index (χ0) is 14.7. The Morgan fingerprint density at radius 2 is 2.14 bits per heavy atom. The molecule has 0 aromatic heterocycles. The van der Waals surface area contributed by atoms with Crippen LogP contribution >= 0.6 is 0 Å². The van der Waals surface area contributed by atoms with Crippen molar-refractivity contribution in [1.29, 1.82) is 0 Å². The zero-order valence-electron chi connectivity index (χ0n) is 12.6. The van der Waals surface area contributed by atoms with E-state index < -0.39 is 0 Å². The normalized spacial score (nSPS) is 17.9. The van der Waals surface area contributed by atoms with Gasteiger partial charge in [0.1, 0.15) is 0 Å². The van der Waals surface area contributed by atoms with Crippen molar-refractivity contribution in [3.63, 3.8) is 0 Å². The van der Waals surface area contributed by atoms with E-state index in [1.807, 2.05) is 23.1 Å². The maximum absolute atomic E-state index is 13.0. The fourth-order valence-corrected chi connectivity index (χ4v) is 3.62. The van der Waals surface area contributed by atoms with Crippen LogP contribution in [0.15, 0.2) is 30.9 Å². The second kappa shape index (κ2) is 6.33. The molecule has 3 heteroatoms. The Morgan fingerprint density at radius 1 is 1.33 bits per heavy atom. The highest BCUT2D eigenvalue weighted by Gasteiger charge is 2.28. The standard InChI is InChI=1S/C18H24N2O/c1-2-13-20(14-7-3-4-8-14)18(21)16-9-5-11-17-15(16)10-6-12-19-17/h2,5,9,11,14,19H,1,3-4,6-8,10,12-13H2. The lowest BCUT2D eigenvalue weighted by Crippen LogP contribution is -2.39. The molecule has 1 fully saturated rings. The highest BCUT2D eigenvalue weighted by atomic mass is 16.2. The summed E-state index contributed by atoms with van der Waals surface area (Å²) in [5, 5.41) is 3.41. The van der Waals surface area contributed by atoms with Crippen LogP contribution in [0.2, 0.25) is 0 Å². The van der Waals surface area contributed by atoms with Gasteiger partial charge in [-0.05, 0) is 43.4 Å². The van der Waals surface area contributed by atoms with E-state index >= 15 is 0 Å².